The summed E-state index contributed by atoms with van der Waals surface area (Å²) < 4.78 is 1.95. The van der Waals surface area contributed by atoms with Crippen LogP contribution in [0.3, 0.4) is 0 Å². The zero-order valence-electron chi connectivity index (χ0n) is 8.28. The molecule has 0 saturated carbocycles. The highest BCUT2D eigenvalue weighted by Gasteiger charge is 2.07. The van der Waals surface area contributed by atoms with Crippen molar-refractivity contribution in [3.8, 4) is 0 Å². The fraction of sp³-hybridized carbons (Fsp3) is 0.364. The maximum Gasteiger partial charge on any atom is 0.0713 e. The Bertz CT molecular complexity index is 427. The second-order valence-electron chi connectivity index (χ2n) is 3.71. The van der Waals surface area contributed by atoms with Crippen molar-refractivity contribution in [2.75, 3.05) is 0 Å². The molecule has 0 N–H and O–H groups in total. The summed E-state index contributed by atoms with van der Waals surface area (Å²) in [6.07, 6.45) is 1.92. The number of aromatic nitrogens is 2. The Balaban J connectivity index is 2.80. The maximum atomic E-state index is 4.26. The smallest absolute Gasteiger partial charge is 0.0713 e. The Morgan fingerprint density at radius 1 is 1.31 bits per heavy atom. The summed E-state index contributed by atoms with van der Waals surface area (Å²) >= 11 is 0. The number of para-hydroxylation sites is 1. The molecule has 0 saturated heterocycles. The molecule has 0 atom stereocenters. The fourth-order valence-corrected chi connectivity index (χ4v) is 1.73. The van der Waals surface area contributed by atoms with Crippen LogP contribution in [0.5, 0.6) is 0 Å². The Morgan fingerprint density at radius 2 is 2.08 bits per heavy atom. The van der Waals surface area contributed by atoms with E-state index in [2.05, 4.69) is 37.1 Å². The Hall–Kier alpha value is -1.31. The zero-order chi connectivity index (χ0) is 9.42. The van der Waals surface area contributed by atoms with Crippen LogP contribution >= 0.6 is 0 Å². The molecule has 2 rings (SSSR count). The lowest BCUT2D eigenvalue weighted by atomic mass is 10.0. The molecule has 0 aliphatic carbocycles. The lowest BCUT2D eigenvalue weighted by molar-refractivity contribution is 0.779. The molecule has 1 heterocycles. The van der Waals surface area contributed by atoms with Gasteiger partial charge in [-0.1, -0.05) is 32.0 Å². The number of hydrogen-bond donors (Lipinski definition) is 0. The van der Waals surface area contributed by atoms with Crippen LogP contribution in [0, 0.1) is 0 Å². The zero-order valence-corrected chi connectivity index (χ0v) is 8.28. The normalized spacial score (nSPS) is 11.4. The number of hydrogen-bond acceptors (Lipinski definition) is 1. The van der Waals surface area contributed by atoms with E-state index in [1.807, 2.05) is 17.9 Å². The van der Waals surface area contributed by atoms with Crippen molar-refractivity contribution in [3.63, 3.8) is 0 Å². The summed E-state index contributed by atoms with van der Waals surface area (Å²) in [5, 5.41) is 5.49. The van der Waals surface area contributed by atoms with Crippen LogP contribution in [-0.2, 0) is 7.05 Å². The molecule has 0 bridgehead atoms. The van der Waals surface area contributed by atoms with Crippen molar-refractivity contribution < 1.29 is 0 Å². The molecule has 0 unspecified atom stereocenters. The third kappa shape index (κ3) is 1.22. The van der Waals surface area contributed by atoms with E-state index < -0.39 is 0 Å². The third-order valence-corrected chi connectivity index (χ3v) is 2.41. The summed E-state index contributed by atoms with van der Waals surface area (Å²) in [5.41, 5.74) is 2.63. The van der Waals surface area contributed by atoms with Crippen LogP contribution in [0.15, 0.2) is 24.4 Å². The molecule has 2 heteroatoms. The van der Waals surface area contributed by atoms with E-state index in [1.54, 1.807) is 0 Å². The van der Waals surface area contributed by atoms with E-state index in [-0.39, 0.29) is 0 Å². The third-order valence-electron chi connectivity index (χ3n) is 2.41. The molecule has 68 valence electrons. The van der Waals surface area contributed by atoms with Gasteiger partial charge < -0.3 is 0 Å². The summed E-state index contributed by atoms with van der Waals surface area (Å²) in [6, 6.07) is 6.38. The molecule has 1 aromatic heterocycles. The molecule has 0 spiro atoms. The molecule has 1 aromatic carbocycles. The molecular formula is C11H14N2. The molecule has 0 fully saturated rings. The first-order valence-corrected chi connectivity index (χ1v) is 4.61. The highest BCUT2D eigenvalue weighted by molar-refractivity contribution is 5.82. The minimum absolute atomic E-state index is 0.555. The second kappa shape index (κ2) is 2.87. The van der Waals surface area contributed by atoms with Crippen molar-refractivity contribution in [2.45, 2.75) is 19.8 Å². The van der Waals surface area contributed by atoms with Crippen molar-refractivity contribution in [2.24, 2.45) is 7.05 Å². The Morgan fingerprint density at radius 3 is 2.77 bits per heavy atom. The van der Waals surface area contributed by atoms with Crippen molar-refractivity contribution in [1.29, 1.82) is 0 Å². The highest BCUT2D eigenvalue weighted by Crippen LogP contribution is 2.24. The quantitative estimate of drug-likeness (QED) is 0.650. The Kier molecular flexibility index (Phi) is 1.83. The summed E-state index contributed by atoms with van der Waals surface area (Å²) in [4.78, 5) is 0. The predicted molar refractivity (Wildman–Crippen MR) is 54.8 cm³/mol. The van der Waals surface area contributed by atoms with Gasteiger partial charge in [0.2, 0.25) is 0 Å². The largest absolute Gasteiger partial charge is 0.268 e. The first-order chi connectivity index (χ1) is 6.20. The van der Waals surface area contributed by atoms with Crippen LogP contribution < -0.4 is 0 Å². The number of aryl methyl sites for hydroxylation is 1. The van der Waals surface area contributed by atoms with Crippen LogP contribution in [0.25, 0.3) is 10.9 Å². The van der Waals surface area contributed by atoms with Gasteiger partial charge in [0.25, 0.3) is 0 Å². The van der Waals surface area contributed by atoms with Crippen molar-refractivity contribution in [3.05, 3.63) is 30.0 Å². The van der Waals surface area contributed by atoms with Crippen molar-refractivity contribution >= 4 is 10.9 Å². The van der Waals surface area contributed by atoms with E-state index in [0.29, 0.717) is 5.92 Å². The second-order valence-corrected chi connectivity index (χ2v) is 3.71. The van der Waals surface area contributed by atoms with Gasteiger partial charge in [-0.3, -0.25) is 4.68 Å². The van der Waals surface area contributed by atoms with Gasteiger partial charge in [-0.05, 0) is 11.5 Å². The van der Waals surface area contributed by atoms with Crippen LogP contribution in [0.2, 0.25) is 0 Å². The molecule has 0 aliphatic heterocycles. The summed E-state index contributed by atoms with van der Waals surface area (Å²) in [6.45, 7) is 4.42. The van der Waals surface area contributed by atoms with Gasteiger partial charge in [0, 0.05) is 12.4 Å². The van der Waals surface area contributed by atoms with Crippen LogP contribution in [0.1, 0.15) is 25.3 Å². The molecule has 0 amide bonds. The van der Waals surface area contributed by atoms with E-state index in [9.17, 15) is 0 Å². The fourth-order valence-electron chi connectivity index (χ4n) is 1.73. The van der Waals surface area contributed by atoms with E-state index in [4.69, 9.17) is 0 Å². The van der Waals surface area contributed by atoms with Crippen LogP contribution in [0.4, 0.5) is 0 Å². The van der Waals surface area contributed by atoms with Crippen molar-refractivity contribution in [1.82, 2.24) is 9.78 Å². The predicted octanol–water partition coefficient (Wildman–Crippen LogP) is 2.70. The lowest BCUT2D eigenvalue weighted by Gasteiger charge is -2.07. The standard InChI is InChI=1S/C11H14N2/c1-8(2)10-6-4-5-9-7-12-13(3)11(9)10/h4-8H,1-3H3. The highest BCUT2D eigenvalue weighted by atomic mass is 15.2. The minimum Gasteiger partial charge on any atom is -0.268 e. The molecule has 0 radical (unpaired) electrons. The first-order valence-electron chi connectivity index (χ1n) is 4.61. The number of nitrogens with zero attached hydrogens (tertiary/aromatic N) is 2. The SMILES string of the molecule is CC(C)c1cccc2cnn(C)c12. The minimum atomic E-state index is 0.555. The number of benzene rings is 1. The molecule has 0 aliphatic rings. The monoisotopic (exact) mass is 174 g/mol. The van der Waals surface area contributed by atoms with E-state index >= 15 is 0 Å². The molecule has 2 aromatic rings. The summed E-state index contributed by atoms with van der Waals surface area (Å²) in [5.74, 6) is 0.555. The van der Waals surface area contributed by atoms with Gasteiger partial charge in [-0.25, -0.2) is 0 Å². The Labute approximate surface area is 78.2 Å². The molecule has 2 nitrogen and oxygen atoms in total. The van der Waals surface area contributed by atoms with Gasteiger partial charge in [0.15, 0.2) is 0 Å². The van der Waals surface area contributed by atoms with Gasteiger partial charge in [0.1, 0.15) is 0 Å². The number of rotatable bonds is 1. The van der Waals surface area contributed by atoms with Gasteiger partial charge in [-0.15, -0.1) is 0 Å². The molecular weight excluding hydrogens is 160 g/mol. The average molecular weight is 174 g/mol. The van der Waals surface area contributed by atoms with Crippen LogP contribution in [-0.4, -0.2) is 9.78 Å². The first kappa shape index (κ1) is 8.30. The van der Waals surface area contributed by atoms with Gasteiger partial charge in [-0.2, -0.15) is 5.10 Å². The average Bonchev–Trinajstić information content (AvgIpc) is 2.48. The lowest BCUT2D eigenvalue weighted by Crippen LogP contribution is -1.95. The van der Waals surface area contributed by atoms with Gasteiger partial charge in [0.05, 0.1) is 11.7 Å². The van der Waals surface area contributed by atoms with Gasteiger partial charge >= 0.3 is 0 Å². The molecule has 13 heavy (non-hydrogen) atoms. The van der Waals surface area contributed by atoms with E-state index in [0.717, 1.165) is 0 Å². The number of fused-ring (bicyclic) bond motifs is 1. The van der Waals surface area contributed by atoms with E-state index in [1.165, 1.54) is 16.5 Å². The maximum absolute atomic E-state index is 4.26. The topological polar surface area (TPSA) is 17.8 Å². The summed E-state index contributed by atoms with van der Waals surface area (Å²) in [7, 11) is 1.99.